The maximum atomic E-state index is 13.3. The molecule has 0 saturated carbocycles. The van der Waals surface area contributed by atoms with Crippen LogP contribution in [0, 0.1) is 6.92 Å². The van der Waals surface area contributed by atoms with Crippen LogP contribution in [0.5, 0.6) is 0 Å². The smallest absolute Gasteiger partial charge is 0.259 e. The van der Waals surface area contributed by atoms with Crippen molar-refractivity contribution in [3.05, 3.63) is 90.4 Å². The molecular weight excluding hydrogens is 438 g/mol. The van der Waals surface area contributed by atoms with Crippen LogP contribution in [0.2, 0.25) is 0 Å². The van der Waals surface area contributed by atoms with Gasteiger partial charge in [-0.05, 0) is 48.9 Å². The molecule has 1 amide bonds. The number of pyridine rings is 1. The zero-order chi connectivity index (χ0) is 23.6. The number of rotatable bonds is 6. The van der Waals surface area contributed by atoms with Gasteiger partial charge in [0.15, 0.2) is 0 Å². The van der Waals surface area contributed by atoms with Crippen LogP contribution >= 0.6 is 0 Å². The molecule has 0 radical (unpaired) electrons. The summed E-state index contributed by atoms with van der Waals surface area (Å²) >= 11 is 0. The number of sulfonamides is 1. The van der Waals surface area contributed by atoms with Crippen molar-refractivity contribution in [2.45, 2.75) is 11.8 Å². The van der Waals surface area contributed by atoms with E-state index in [1.165, 1.54) is 20.2 Å². The van der Waals surface area contributed by atoms with Crippen LogP contribution in [0.3, 0.4) is 0 Å². The second-order valence-corrected chi connectivity index (χ2v) is 9.76. The van der Waals surface area contributed by atoms with E-state index in [-0.39, 0.29) is 4.90 Å². The maximum absolute atomic E-state index is 13.3. The molecule has 0 aliphatic carbocycles. The van der Waals surface area contributed by atoms with Crippen molar-refractivity contribution in [3.63, 3.8) is 0 Å². The van der Waals surface area contributed by atoms with Crippen LogP contribution in [0.4, 0.5) is 5.69 Å². The number of para-hydroxylation sites is 1. The number of amides is 1. The average Bonchev–Trinajstić information content (AvgIpc) is 3.27. The lowest BCUT2D eigenvalue weighted by Crippen LogP contribution is -2.23. The molecular formula is C24H23N5O3S. The number of benzene rings is 2. The van der Waals surface area contributed by atoms with Gasteiger partial charge in [0.2, 0.25) is 10.0 Å². The van der Waals surface area contributed by atoms with Crippen LogP contribution in [0.1, 0.15) is 15.9 Å². The summed E-state index contributed by atoms with van der Waals surface area (Å²) in [6, 6.07) is 17.9. The second kappa shape index (κ2) is 8.97. The molecule has 168 valence electrons. The van der Waals surface area contributed by atoms with Crippen LogP contribution in [0.25, 0.3) is 16.9 Å². The molecule has 0 aliphatic rings. The Labute approximate surface area is 192 Å². The monoisotopic (exact) mass is 461 g/mol. The molecule has 1 N–H and O–H groups in total. The van der Waals surface area contributed by atoms with Crippen molar-refractivity contribution in [1.82, 2.24) is 19.1 Å². The first-order chi connectivity index (χ1) is 15.8. The van der Waals surface area contributed by atoms with E-state index in [4.69, 9.17) is 0 Å². The molecule has 0 unspecified atom stereocenters. The third-order valence-corrected chi connectivity index (χ3v) is 7.08. The fourth-order valence-corrected chi connectivity index (χ4v) is 4.46. The summed E-state index contributed by atoms with van der Waals surface area (Å²) in [6.45, 7) is 1.71. The Morgan fingerprint density at radius 2 is 1.79 bits per heavy atom. The predicted octanol–water partition coefficient (Wildman–Crippen LogP) is 3.75. The summed E-state index contributed by atoms with van der Waals surface area (Å²) in [7, 11) is -0.715. The molecule has 4 rings (SSSR count). The van der Waals surface area contributed by atoms with Gasteiger partial charge in [0.25, 0.3) is 5.91 Å². The lowest BCUT2D eigenvalue weighted by Gasteiger charge is -2.15. The first-order valence-corrected chi connectivity index (χ1v) is 11.6. The SMILES string of the molecule is Cc1ccc(NC(=O)c2cn(-c3ccccc3)nc2-c2cccnc2)cc1S(=O)(=O)N(C)C. The number of aromatic nitrogens is 3. The highest BCUT2D eigenvalue weighted by Crippen LogP contribution is 2.26. The number of carbonyl (C=O) groups excluding carboxylic acids is 1. The number of nitrogens with zero attached hydrogens (tertiary/aromatic N) is 4. The molecule has 8 nitrogen and oxygen atoms in total. The van der Waals surface area contributed by atoms with E-state index in [9.17, 15) is 13.2 Å². The normalized spacial score (nSPS) is 11.5. The number of nitrogens with one attached hydrogen (secondary N) is 1. The minimum Gasteiger partial charge on any atom is -0.322 e. The Kier molecular flexibility index (Phi) is 6.08. The highest BCUT2D eigenvalue weighted by atomic mass is 32.2. The van der Waals surface area contributed by atoms with E-state index >= 15 is 0 Å². The average molecular weight is 462 g/mol. The van der Waals surface area contributed by atoms with Gasteiger partial charge >= 0.3 is 0 Å². The van der Waals surface area contributed by atoms with Crippen molar-refractivity contribution in [2.75, 3.05) is 19.4 Å². The third kappa shape index (κ3) is 4.55. The first kappa shape index (κ1) is 22.4. The molecule has 0 spiro atoms. The topological polar surface area (TPSA) is 97.2 Å². The molecule has 0 aliphatic heterocycles. The van der Waals surface area contributed by atoms with Crippen LogP contribution in [-0.4, -0.2) is 47.5 Å². The Morgan fingerprint density at radius 3 is 2.45 bits per heavy atom. The van der Waals surface area contributed by atoms with Gasteiger partial charge in [0.1, 0.15) is 5.69 Å². The summed E-state index contributed by atoms with van der Waals surface area (Å²) in [5.74, 6) is -0.409. The van der Waals surface area contributed by atoms with Gasteiger partial charge in [0.05, 0.1) is 16.1 Å². The van der Waals surface area contributed by atoms with Gasteiger partial charge < -0.3 is 5.32 Å². The largest absolute Gasteiger partial charge is 0.322 e. The van der Waals surface area contributed by atoms with E-state index in [1.807, 2.05) is 36.4 Å². The molecule has 2 heterocycles. The quantitative estimate of drug-likeness (QED) is 0.472. The van der Waals surface area contributed by atoms with E-state index in [0.717, 1.165) is 9.99 Å². The predicted molar refractivity (Wildman–Crippen MR) is 127 cm³/mol. The van der Waals surface area contributed by atoms with Crippen molar-refractivity contribution in [3.8, 4) is 16.9 Å². The number of anilines is 1. The summed E-state index contributed by atoms with van der Waals surface area (Å²) in [5.41, 5.74) is 3.26. The Bertz CT molecular complexity index is 1400. The number of hydrogen-bond acceptors (Lipinski definition) is 5. The fourth-order valence-electron chi connectivity index (χ4n) is 3.32. The van der Waals surface area contributed by atoms with Gasteiger partial charge in [-0.15, -0.1) is 0 Å². The van der Waals surface area contributed by atoms with E-state index < -0.39 is 15.9 Å². The minimum atomic E-state index is -3.66. The van der Waals surface area contributed by atoms with Crippen LogP contribution in [-0.2, 0) is 10.0 Å². The van der Waals surface area contributed by atoms with Gasteiger partial charge in [-0.1, -0.05) is 24.3 Å². The molecule has 0 bridgehead atoms. The standard InChI is InChI=1S/C24H23N5O3S/c1-17-11-12-19(14-22(17)33(31,32)28(2)3)26-24(30)21-16-29(20-9-5-4-6-10-20)27-23(21)18-8-7-13-25-15-18/h4-16H,1-3H3,(H,26,30). The fraction of sp³-hybridized carbons (Fsp3) is 0.125. The Morgan fingerprint density at radius 1 is 1.03 bits per heavy atom. The molecule has 0 fully saturated rings. The first-order valence-electron chi connectivity index (χ1n) is 10.2. The Balaban J connectivity index is 1.74. The molecule has 2 aromatic heterocycles. The zero-order valence-corrected chi connectivity index (χ0v) is 19.2. The minimum absolute atomic E-state index is 0.137. The highest BCUT2D eigenvalue weighted by Gasteiger charge is 2.22. The number of aryl methyl sites for hydroxylation is 1. The second-order valence-electron chi connectivity index (χ2n) is 7.64. The molecule has 4 aromatic rings. The molecule has 33 heavy (non-hydrogen) atoms. The highest BCUT2D eigenvalue weighted by molar-refractivity contribution is 7.89. The van der Waals surface area contributed by atoms with E-state index in [1.54, 1.807) is 48.4 Å². The van der Waals surface area contributed by atoms with Gasteiger partial charge in [-0.2, -0.15) is 5.10 Å². The van der Waals surface area contributed by atoms with Gasteiger partial charge in [0, 0.05) is 43.9 Å². The van der Waals surface area contributed by atoms with Crippen molar-refractivity contribution < 1.29 is 13.2 Å². The lowest BCUT2D eigenvalue weighted by molar-refractivity contribution is 0.102. The molecule has 2 aromatic carbocycles. The summed E-state index contributed by atoms with van der Waals surface area (Å²) in [4.78, 5) is 17.6. The number of carbonyl (C=O) groups is 1. The zero-order valence-electron chi connectivity index (χ0n) is 18.4. The molecule has 0 atom stereocenters. The summed E-state index contributed by atoms with van der Waals surface area (Å²) in [5, 5.41) is 7.44. The molecule has 0 saturated heterocycles. The van der Waals surface area contributed by atoms with E-state index in [2.05, 4.69) is 15.4 Å². The summed E-state index contributed by atoms with van der Waals surface area (Å²) < 4.78 is 28.1. The lowest BCUT2D eigenvalue weighted by atomic mass is 10.1. The number of hydrogen-bond donors (Lipinski definition) is 1. The maximum Gasteiger partial charge on any atom is 0.259 e. The van der Waals surface area contributed by atoms with Crippen molar-refractivity contribution >= 4 is 21.6 Å². The van der Waals surface area contributed by atoms with Crippen molar-refractivity contribution in [2.24, 2.45) is 0 Å². The van der Waals surface area contributed by atoms with Gasteiger partial charge in [-0.3, -0.25) is 9.78 Å². The van der Waals surface area contributed by atoms with Crippen LogP contribution < -0.4 is 5.32 Å². The third-order valence-electron chi connectivity index (χ3n) is 5.12. The Hall–Kier alpha value is -3.82. The van der Waals surface area contributed by atoms with E-state index in [0.29, 0.717) is 28.1 Å². The van der Waals surface area contributed by atoms with Crippen LogP contribution in [0.15, 0.2) is 84.1 Å². The molecule has 9 heteroatoms. The summed E-state index contributed by atoms with van der Waals surface area (Å²) in [6.07, 6.45) is 4.94. The van der Waals surface area contributed by atoms with Crippen molar-refractivity contribution in [1.29, 1.82) is 0 Å². The van der Waals surface area contributed by atoms with Gasteiger partial charge in [-0.25, -0.2) is 17.4 Å².